The van der Waals surface area contributed by atoms with Crippen molar-refractivity contribution in [2.24, 2.45) is 7.05 Å². The molecule has 1 aliphatic carbocycles. The Morgan fingerprint density at radius 3 is 2.76 bits per heavy atom. The van der Waals surface area contributed by atoms with Gasteiger partial charge in [0.25, 0.3) is 0 Å². The van der Waals surface area contributed by atoms with E-state index < -0.39 is 5.97 Å². The summed E-state index contributed by atoms with van der Waals surface area (Å²) in [5.74, 6) is 0.124. The van der Waals surface area contributed by atoms with Crippen molar-refractivity contribution in [1.29, 1.82) is 0 Å². The van der Waals surface area contributed by atoms with Gasteiger partial charge in [0.2, 0.25) is 5.95 Å². The highest BCUT2D eigenvalue weighted by Crippen LogP contribution is 2.37. The zero-order chi connectivity index (χ0) is 22.9. The number of carboxylic acid groups (broad SMARTS) is 1. The van der Waals surface area contributed by atoms with Crippen LogP contribution in [0, 0.1) is 0 Å². The van der Waals surface area contributed by atoms with Crippen LogP contribution in [0.4, 0.5) is 23.1 Å². The van der Waals surface area contributed by atoms with E-state index in [-0.39, 0.29) is 17.3 Å². The maximum absolute atomic E-state index is 11.8. The summed E-state index contributed by atoms with van der Waals surface area (Å²) in [4.78, 5) is 24.6. The average molecular weight is 447 g/mol. The Balaban J connectivity index is 1.47. The molecule has 3 aromatic heterocycles. The van der Waals surface area contributed by atoms with Gasteiger partial charge in [0, 0.05) is 19.4 Å². The van der Waals surface area contributed by atoms with Gasteiger partial charge in [-0.05, 0) is 25.0 Å². The molecule has 1 aliphatic rings. The lowest BCUT2D eigenvalue weighted by atomic mass is 10.1. The van der Waals surface area contributed by atoms with Gasteiger partial charge >= 0.3 is 5.97 Å². The molecule has 5 rings (SSSR count). The van der Waals surface area contributed by atoms with E-state index in [1.807, 2.05) is 16.9 Å². The number of ether oxygens (including phenoxy) is 1. The number of methoxy groups -OCH3 is 1. The lowest BCUT2D eigenvalue weighted by Gasteiger charge is -2.15. The fourth-order valence-corrected chi connectivity index (χ4v) is 3.39. The molecule has 0 spiro atoms. The number of hydrogen-bond donors (Lipinski definition) is 3. The molecule has 33 heavy (non-hydrogen) atoms. The number of carboxylic acids is 1. The predicted molar refractivity (Wildman–Crippen MR) is 119 cm³/mol. The second kappa shape index (κ2) is 8.22. The molecule has 0 bridgehead atoms. The maximum Gasteiger partial charge on any atom is 0.341 e. The van der Waals surface area contributed by atoms with E-state index in [2.05, 4.69) is 35.8 Å². The number of anilines is 4. The number of nitrogens with one attached hydrogen (secondary N) is 2. The Bertz CT molecular complexity index is 1330. The molecule has 3 N–H and O–H groups in total. The van der Waals surface area contributed by atoms with Gasteiger partial charge in [-0.25, -0.2) is 14.8 Å². The van der Waals surface area contributed by atoms with Gasteiger partial charge in [-0.15, -0.1) is 0 Å². The molecule has 1 saturated carbocycles. The lowest BCUT2D eigenvalue weighted by molar-refractivity contribution is 0.0697. The van der Waals surface area contributed by atoms with E-state index in [9.17, 15) is 9.90 Å². The molecule has 1 fully saturated rings. The van der Waals surface area contributed by atoms with Crippen molar-refractivity contribution >= 4 is 29.1 Å². The molecule has 0 amide bonds. The number of aromatic carboxylic acids is 1. The first-order chi connectivity index (χ1) is 16.0. The van der Waals surface area contributed by atoms with Crippen LogP contribution in [0.5, 0.6) is 5.75 Å². The maximum atomic E-state index is 11.8. The summed E-state index contributed by atoms with van der Waals surface area (Å²) in [6, 6.07) is 5.82. The minimum Gasteiger partial charge on any atom is -0.494 e. The third kappa shape index (κ3) is 4.18. The topological polar surface area (TPSA) is 145 Å². The fraction of sp³-hybridized carbons (Fsp3) is 0.238. The van der Waals surface area contributed by atoms with Crippen LogP contribution in [0.25, 0.3) is 11.4 Å². The SMILES string of the molecule is COc1c(Nc2nc(Nc3cnn(C4CC4)c3)ncc2C(=O)O)cccc1-c1ncn(C)n1. The minimum absolute atomic E-state index is 0.0855. The molecule has 3 heterocycles. The molecule has 12 nitrogen and oxygen atoms in total. The first-order valence-electron chi connectivity index (χ1n) is 10.2. The van der Waals surface area contributed by atoms with E-state index in [1.54, 1.807) is 36.4 Å². The molecular formula is C21H21N9O3. The van der Waals surface area contributed by atoms with Crippen LogP contribution in [-0.2, 0) is 7.05 Å². The summed E-state index contributed by atoms with van der Waals surface area (Å²) in [7, 11) is 3.30. The molecule has 12 heteroatoms. The van der Waals surface area contributed by atoms with Gasteiger partial charge in [-0.3, -0.25) is 9.36 Å². The first-order valence-corrected chi connectivity index (χ1v) is 10.2. The number of rotatable bonds is 8. The van der Waals surface area contributed by atoms with E-state index in [1.165, 1.54) is 13.3 Å². The van der Waals surface area contributed by atoms with Gasteiger partial charge < -0.3 is 20.5 Å². The summed E-state index contributed by atoms with van der Waals surface area (Å²) >= 11 is 0. The third-order valence-corrected chi connectivity index (χ3v) is 5.11. The quantitative estimate of drug-likeness (QED) is 0.368. The predicted octanol–water partition coefficient (Wildman–Crippen LogP) is 3.00. The molecule has 0 saturated heterocycles. The number of aromatic nitrogens is 7. The highest BCUT2D eigenvalue weighted by Gasteiger charge is 2.24. The van der Waals surface area contributed by atoms with Crippen LogP contribution in [0.1, 0.15) is 29.2 Å². The van der Waals surface area contributed by atoms with E-state index in [0.717, 1.165) is 18.5 Å². The van der Waals surface area contributed by atoms with E-state index in [0.29, 0.717) is 28.9 Å². The van der Waals surface area contributed by atoms with Crippen molar-refractivity contribution in [2.75, 3.05) is 17.7 Å². The van der Waals surface area contributed by atoms with Gasteiger partial charge in [0.15, 0.2) is 17.4 Å². The number of benzene rings is 1. The standard InChI is InChI=1S/C21H21N9O3/c1-29-11-23-18(28-29)14-4-3-5-16(17(14)33-2)26-19-15(20(31)32)9-22-21(27-19)25-12-8-24-30(10-12)13-6-7-13/h3-5,8-11,13H,6-7H2,1-2H3,(H,31,32)(H2,22,25,26,27). The summed E-state index contributed by atoms with van der Waals surface area (Å²) in [6.07, 6.45) is 8.65. The lowest BCUT2D eigenvalue weighted by Crippen LogP contribution is -2.09. The Labute approximate surface area is 188 Å². The normalized spacial score (nSPS) is 13.0. The molecule has 0 radical (unpaired) electrons. The van der Waals surface area contributed by atoms with Crippen molar-refractivity contribution in [1.82, 2.24) is 34.5 Å². The third-order valence-electron chi connectivity index (χ3n) is 5.11. The van der Waals surface area contributed by atoms with Crippen LogP contribution < -0.4 is 15.4 Å². The second-order valence-corrected chi connectivity index (χ2v) is 7.58. The summed E-state index contributed by atoms with van der Waals surface area (Å²) in [6.45, 7) is 0. The minimum atomic E-state index is -1.16. The van der Waals surface area contributed by atoms with Crippen molar-refractivity contribution < 1.29 is 14.6 Å². The molecule has 0 atom stereocenters. The van der Waals surface area contributed by atoms with Crippen LogP contribution in [-0.4, -0.2) is 52.7 Å². The second-order valence-electron chi connectivity index (χ2n) is 7.58. The number of aryl methyl sites for hydroxylation is 1. The fourth-order valence-electron chi connectivity index (χ4n) is 3.39. The van der Waals surface area contributed by atoms with Crippen LogP contribution in [0.15, 0.2) is 43.1 Å². The summed E-state index contributed by atoms with van der Waals surface area (Å²) in [5.41, 5.74) is 1.80. The van der Waals surface area contributed by atoms with Crippen LogP contribution in [0.3, 0.4) is 0 Å². The molecular weight excluding hydrogens is 426 g/mol. The van der Waals surface area contributed by atoms with Gasteiger partial charge in [0.05, 0.1) is 36.3 Å². The van der Waals surface area contributed by atoms with Gasteiger partial charge in [0.1, 0.15) is 11.9 Å². The van der Waals surface area contributed by atoms with Gasteiger partial charge in [-0.1, -0.05) is 6.07 Å². The molecule has 0 unspecified atom stereocenters. The molecule has 0 aliphatic heterocycles. The number of para-hydroxylation sites is 1. The van der Waals surface area contributed by atoms with Crippen molar-refractivity contribution in [3.63, 3.8) is 0 Å². The van der Waals surface area contributed by atoms with Gasteiger partial charge in [-0.2, -0.15) is 15.2 Å². The number of carbonyl (C=O) groups is 1. The molecule has 1 aromatic carbocycles. The number of nitrogens with zero attached hydrogens (tertiary/aromatic N) is 7. The average Bonchev–Trinajstić information content (AvgIpc) is 3.40. The Morgan fingerprint density at radius 1 is 1.21 bits per heavy atom. The van der Waals surface area contributed by atoms with E-state index >= 15 is 0 Å². The number of hydrogen-bond acceptors (Lipinski definition) is 9. The summed E-state index contributed by atoms with van der Waals surface area (Å²) < 4.78 is 9.09. The van der Waals surface area contributed by atoms with E-state index in [4.69, 9.17) is 4.74 Å². The highest BCUT2D eigenvalue weighted by molar-refractivity contribution is 5.94. The summed E-state index contributed by atoms with van der Waals surface area (Å²) in [5, 5.41) is 24.5. The monoisotopic (exact) mass is 447 g/mol. The van der Waals surface area contributed by atoms with Crippen molar-refractivity contribution in [3.8, 4) is 17.1 Å². The zero-order valence-corrected chi connectivity index (χ0v) is 17.9. The Morgan fingerprint density at radius 2 is 2.06 bits per heavy atom. The van der Waals surface area contributed by atoms with Crippen molar-refractivity contribution in [2.45, 2.75) is 18.9 Å². The highest BCUT2D eigenvalue weighted by atomic mass is 16.5. The largest absolute Gasteiger partial charge is 0.494 e. The Hall–Kier alpha value is -4.48. The molecule has 4 aromatic rings. The first kappa shape index (κ1) is 20.4. The zero-order valence-electron chi connectivity index (χ0n) is 17.9. The van der Waals surface area contributed by atoms with Crippen molar-refractivity contribution in [3.05, 3.63) is 48.7 Å². The Kier molecular flexibility index (Phi) is 5.09. The molecule has 168 valence electrons. The van der Waals surface area contributed by atoms with Crippen LogP contribution in [0.2, 0.25) is 0 Å². The smallest absolute Gasteiger partial charge is 0.341 e. The van der Waals surface area contributed by atoms with Crippen LogP contribution >= 0.6 is 0 Å².